The molecule has 140 valence electrons. The van der Waals surface area contributed by atoms with E-state index in [0.29, 0.717) is 22.6 Å². The molecule has 0 unspecified atom stereocenters. The molecule has 0 aliphatic heterocycles. The second kappa shape index (κ2) is 7.90. The predicted octanol–water partition coefficient (Wildman–Crippen LogP) is 2.00. The summed E-state index contributed by atoms with van der Waals surface area (Å²) in [6.07, 6.45) is 2.03. The van der Waals surface area contributed by atoms with Gasteiger partial charge in [-0.3, -0.25) is 14.4 Å². The van der Waals surface area contributed by atoms with Gasteiger partial charge in [0.05, 0.1) is 0 Å². The lowest BCUT2D eigenvalue weighted by Crippen LogP contribution is -2.26. The fraction of sp³-hybridized carbons (Fsp3) is 0.250. The Bertz CT molecular complexity index is 873. The summed E-state index contributed by atoms with van der Waals surface area (Å²) in [4.78, 5) is 35.4. The van der Waals surface area contributed by atoms with Gasteiger partial charge in [-0.2, -0.15) is 0 Å². The van der Waals surface area contributed by atoms with Crippen LogP contribution in [0.25, 0.3) is 0 Å². The summed E-state index contributed by atoms with van der Waals surface area (Å²) in [5, 5.41) is 5.68. The average Bonchev–Trinajstić information content (AvgIpc) is 3.46. The molecule has 0 atom stereocenters. The summed E-state index contributed by atoms with van der Waals surface area (Å²) >= 11 is 0. The van der Waals surface area contributed by atoms with Gasteiger partial charge in [-0.1, -0.05) is 6.07 Å². The van der Waals surface area contributed by atoms with E-state index in [4.69, 9.17) is 10.5 Å². The Labute approximate surface area is 156 Å². The number of anilines is 1. The van der Waals surface area contributed by atoms with E-state index in [1.807, 2.05) is 6.92 Å². The van der Waals surface area contributed by atoms with Crippen LogP contribution in [-0.4, -0.2) is 30.4 Å². The van der Waals surface area contributed by atoms with Gasteiger partial charge in [-0.15, -0.1) is 0 Å². The molecule has 3 rings (SSSR count). The molecule has 7 heteroatoms. The number of hydrogen-bond acceptors (Lipinski definition) is 4. The second-order valence-electron chi connectivity index (χ2n) is 6.50. The maximum absolute atomic E-state index is 12.2. The number of benzene rings is 2. The maximum Gasteiger partial charge on any atom is 0.262 e. The largest absolute Gasteiger partial charge is 0.484 e. The fourth-order valence-electron chi connectivity index (χ4n) is 2.44. The lowest BCUT2D eigenvalue weighted by molar-refractivity contribution is -0.118. The van der Waals surface area contributed by atoms with Crippen LogP contribution in [-0.2, 0) is 4.79 Å². The number of ether oxygens (including phenoxy) is 1. The van der Waals surface area contributed by atoms with E-state index < -0.39 is 5.91 Å². The van der Waals surface area contributed by atoms with E-state index in [1.54, 1.807) is 30.3 Å². The Morgan fingerprint density at radius 2 is 1.74 bits per heavy atom. The molecule has 1 aliphatic rings. The zero-order chi connectivity index (χ0) is 19.4. The van der Waals surface area contributed by atoms with Crippen molar-refractivity contribution in [3.63, 3.8) is 0 Å². The first-order valence-electron chi connectivity index (χ1n) is 8.66. The van der Waals surface area contributed by atoms with Crippen LogP contribution in [0.15, 0.2) is 42.5 Å². The summed E-state index contributed by atoms with van der Waals surface area (Å²) in [7, 11) is 0. The SMILES string of the molecule is Cc1ccc(C(=O)NC2CC2)cc1NC(=O)COc1ccc(C(N)=O)cc1. The third kappa shape index (κ3) is 5.07. The number of amides is 3. The monoisotopic (exact) mass is 367 g/mol. The summed E-state index contributed by atoms with van der Waals surface area (Å²) in [5.41, 5.74) is 7.46. The third-order valence-corrected chi connectivity index (χ3v) is 4.20. The Balaban J connectivity index is 1.58. The minimum atomic E-state index is -0.527. The minimum Gasteiger partial charge on any atom is -0.484 e. The van der Waals surface area contributed by atoms with E-state index in [9.17, 15) is 14.4 Å². The third-order valence-electron chi connectivity index (χ3n) is 4.20. The number of primary amides is 1. The molecule has 1 saturated carbocycles. The number of nitrogens with two attached hydrogens (primary N) is 1. The van der Waals surface area contributed by atoms with Crippen molar-refractivity contribution in [1.82, 2.24) is 5.32 Å². The first kappa shape index (κ1) is 18.4. The summed E-state index contributed by atoms with van der Waals surface area (Å²) in [6, 6.07) is 11.7. The van der Waals surface area contributed by atoms with Crippen LogP contribution in [0.1, 0.15) is 39.1 Å². The summed E-state index contributed by atoms with van der Waals surface area (Å²) < 4.78 is 5.41. The lowest BCUT2D eigenvalue weighted by Gasteiger charge is -2.12. The van der Waals surface area contributed by atoms with Crippen molar-refractivity contribution in [2.75, 3.05) is 11.9 Å². The zero-order valence-corrected chi connectivity index (χ0v) is 15.0. The highest BCUT2D eigenvalue weighted by Gasteiger charge is 2.24. The van der Waals surface area contributed by atoms with Crippen LogP contribution in [0.2, 0.25) is 0 Å². The topological polar surface area (TPSA) is 111 Å². The Kier molecular flexibility index (Phi) is 5.40. The summed E-state index contributed by atoms with van der Waals surface area (Å²) in [5.74, 6) is -0.569. The van der Waals surface area contributed by atoms with E-state index >= 15 is 0 Å². The van der Waals surface area contributed by atoms with Crippen molar-refractivity contribution in [2.45, 2.75) is 25.8 Å². The molecule has 7 nitrogen and oxygen atoms in total. The van der Waals surface area contributed by atoms with Crippen LogP contribution >= 0.6 is 0 Å². The smallest absolute Gasteiger partial charge is 0.262 e. The van der Waals surface area contributed by atoms with Crippen molar-refractivity contribution < 1.29 is 19.1 Å². The van der Waals surface area contributed by atoms with Gasteiger partial charge in [-0.05, 0) is 61.7 Å². The quantitative estimate of drug-likeness (QED) is 0.695. The molecule has 0 spiro atoms. The molecule has 0 heterocycles. The van der Waals surface area contributed by atoms with Crippen LogP contribution < -0.4 is 21.1 Å². The normalized spacial score (nSPS) is 12.9. The minimum absolute atomic E-state index is 0.140. The van der Waals surface area contributed by atoms with Crippen molar-refractivity contribution in [3.8, 4) is 5.75 Å². The highest BCUT2D eigenvalue weighted by atomic mass is 16.5. The first-order valence-corrected chi connectivity index (χ1v) is 8.66. The van der Waals surface area contributed by atoms with E-state index in [0.717, 1.165) is 18.4 Å². The number of carbonyl (C=O) groups excluding carboxylic acids is 3. The molecule has 0 radical (unpaired) electrons. The van der Waals surface area contributed by atoms with Crippen LogP contribution in [0.4, 0.5) is 5.69 Å². The van der Waals surface area contributed by atoms with E-state index in [1.165, 1.54) is 12.1 Å². The summed E-state index contributed by atoms with van der Waals surface area (Å²) in [6.45, 7) is 1.65. The van der Waals surface area contributed by atoms with Crippen LogP contribution in [0.3, 0.4) is 0 Å². The van der Waals surface area contributed by atoms with E-state index in [2.05, 4.69) is 10.6 Å². The van der Waals surface area contributed by atoms with Crippen molar-refractivity contribution in [2.24, 2.45) is 5.73 Å². The van der Waals surface area contributed by atoms with Crippen molar-refractivity contribution in [3.05, 3.63) is 59.2 Å². The van der Waals surface area contributed by atoms with Crippen molar-refractivity contribution in [1.29, 1.82) is 0 Å². The molecule has 2 aromatic carbocycles. The van der Waals surface area contributed by atoms with Gasteiger partial charge in [0.15, 0.2) is 6.61 Å². The standard InChI is InChI=1S/C20H21N3O4/c1-12-2-3-14(20(26)22-15-6-7-15)10-17(12)23-18(24)11-27-16-8-4-13(5-9-16)19(21)25/h2-5,8-10,15H,6-7,11H2,1H3,(H2,21,25)(H,22,26)(H,23,24). The number of aryl methyl sites for hydroxylation is 1. The molecule has 27 heavy (non-hydrogen) atoms. The average molecular weight is 367 g/mol. The molecule has 0 aromatic heterocycles. The van der Waals surface area contributed by atoms with Gasteiger partial charge in [0.1, 0.15) is 5.75 Å². The number of nitrogens with one attached hydrogen (secondary N) is 2. The van der Waals surface area contributed by atoms with Crippen molar-refractivity contribution >= 4 is 23.4 Å². The molecule has 0 saturated heterocycles. The number of hydrogen-bond donors (Lipinski definition) is 3. The highest BCUT2D eigenvalue weighted by Crippen LogP contribution is 2.21. The van der Waals surface area contributed by atoms with Gasteiger partial charge in [0.2, 0.25) is 5.91 Å². The molecule has 1 aliphatic carbocycles. The molecule has 1 fully saturated rings. The van der Waals surface area contributed by atoms with Crippen LogP contribution in [0.5, 0.6) is 5.75 Å². The molecule has 3 amide bonds. The van der Waals surface area contributed by atoms with Gasteiger partial charge in [0.25, 0.3) is 11.8 Å². The second-order valence-corrected chi connectivity index (χ2v) is 6.50. The zero-order valence-electron chi connectivity index (χ0n) is 15.0. The Morgan fingerprint density at radius 3 is 2.37 bits per heavy atom. The number of rotatable bonds is 7. The maximum atomic E-state index is 12.2. The van der Waals surface area contributed by atoms with Gasteiger partial charge < -0.3 is 21.1 Å². The molecule has 0 bridgehead atoms. The Hall–Kier alpha value is -3.35. The van der Waals surface area contributed by atoms with E-state index in [-0.39, 0.29) is 24.5 Å². The van der Waals surface area contributed by atoms with Crippen LogP contribution in [0, 0.1) is 6.92 Å². The molecule has 2 aromatic rings. The van der Waals surface area contributed by atoms with Gasteiger partial charge in [0, 0.05) is 22.9 Å². The number of carbonyl (C=O) groups is 3. The van der Waals surface area contributed by atoms with Gasteiger partial charge >= 0.3 is 0 Å². The fourth-order valence-corrected chi connectivity index (χ4v) is 2.44. The molecular weight excluding hydrogens is 346 g/mol. The lowest BCUT2D eigenvalue weighted by atomic mass is 10.1. The molecule has 4 N–H and O–H groups in total. The molecular formula is C20H21N3O4. The first-order chi connectivity index (χ1) is 12.9. The highest BCUT2D eigenvalue weighted by molar-refractivity contribution is 5.98. The Morgan fingerprint density at radius 1 is 1.07 bits per heavy atom. The van der Waals surface area contributed by atoms with Gasteiger partial charge in [-0.25, -0.2) is 0 Å². The predicted molar refractivity (Wildman–Crippen MR) is 101 cm³/mol.